The summed E-state index contributed by atoms with van der Waals surface area (Å²) in [5.41, 5.74) is 0.850. The van der Waals surface area contributed by atoms with E-state index in [0.29, 0.717) is 11.3 Å². The average Bonchev–Trinajstić information content (AvgIpc) is 2.77. The first-order valence-corrected chi connectivity index (χ1v) is 4.74. The summed E-state index contributed by atoms with van der Waals surface area (Å²) in [6.07, 6.45) is 0.997. The minimum absolute atomic E-state index is 0.369. The first-order chi connectivity index (χ1) is 7.74. The van der Waals surface area contributed by atoms with Crippen LogP contribution in [0.4, 0.5) is 9.18 Å². The van der Waals surface area contributed by atoms with E-state index in [0.717, 1.165) is 0 Å². The lowest BCUT2D eigenvalue weighted by Gasteiger charge is -2.07. The summed E-state index contributed by atoms with van der Waals surface area (Å²) in [7, 11) is 1.29. The van der Waals surface area contributed by atoms with Crippen LogP contribution >= 0.6 is 0 Å². The van der Waals surface area contributed by atoms with E-state index in [4.69, 9.17) is 0 Å². The predicted molar refractivity (Wildman–Crippen MR) is 57.6 cm³/mol. The third-order valence-corrected chi connectivity index (χ3v) is 2.27. The molecule has 0 spiro atoms. The largest absolute Gasteiger partial charge is 0.452 e. The number of halogens is 1. The molecule has 2 aromatic rings. The smallest absolute Gasteiger partial charge is 0.418 e. The zero-order valence-electron chi connectivity index (χ0n) is 8.68. The highest BCUT2D eigenvalue weighted by Crippen LogP contribution is 2.23. The molecule has 0 aliphatic rings. The molecule has 1 aromatic carbocycles. The van der Waals surface area contributed by atoms with Crippen LogP contribution in [0, 0.1) is 5.82 Å². The van der Waals surface area contributed by atoms with Gasteiger partial charge in [0, 0.05) is 11.8 Å². The molecule has 0 saturated heterocycles. The van der Waals surface area contributed by atoms with Gasteiger partial charge in [0.15, 0.2) is 0 Å². The van der Waals surface area contributed by atoms with Crippen LogP contribution in [-0.4, -0.2) is 17.8 Å². The van der Waals surface area contributed by atoms with E-state index in [1.807, 2.05) is 0 Å². The topological polar surface area (TPSA) is 31.2 Å². The summed E-state index contributed by atoms with van der Waals surface area (Å²) in [5.74, 6) is -0.369. The van der Waals surface area contributed by atoms with Crippen molar-refractivity contribution in [3.63, 3.8) is 0 Å². The summed E-state index contributed by atoms with van der Waals surface area (Å²) in [5, 5.41) is 0. The molecule has 0 saturated carbocycles. The molecule has 0 amide bonds. The second-order valence-corrected chi connectivity index (χ2v) is 3.21. The lowest BCUT2D eigenvalue weighted by Crippen LogP contribution is -2.11. The minimum Gasteiger partial charge on any atom is -0.452 e. The normalized spacial score (nSPS) is 10.1. The van der Waals surface area contributed by atoms with Crippen molar-refractivity contribution in [3.05, 3.63) is 48.4 Å². The molecule has 3 nitrogen and oxygen atoms in total. The first kappa shape index (κ1) is 10.4. The van der Waals surface area contributed by atoms with Gasteiger partial charge in [-0.25, -0.2) is 9.18 Å². The van der Waals surface area contributed by atoms with Crippen molar-refractivity contribution in [3.8, 4) is 11.3 Å². The lowest BCUT2D eigenvalue weighted by molar-refractivity contribution is 0.173. The van der Waals surface area contributed by atoms with Gasteiger partial charge in [-0.3, -0.25) is 4.57 Å². The Morgan fingerprint density at radius 2 is 2.00 bits per heavy atom. The molecule has 0 radical (unpaired) electrons. The quantitative estimate of drug-likeness (QED) is 0.738. The van der Waals surface area contributed by atoms with Crippen LogP contribution in [0.2, 0.25) is 0 Å². The van der Waals surface area contributed by atoms with Gasteiger partial charge in [0.2, 0.25) is 0 Å². The van der Waals surface area contributed by atoms with Gasteiger partial charge in [-0.15, -0.1) is 0 Å². The highest BCUT2D eigenvalue weighted by atomic mass is 19.1. The zero-order valence-corrected chi connectivity index (χ0v) is 8.68. The van der Waals surface area contributed by atoms with E-state index in [1.165, 1.54) is 23.9 Å². The fourth-order valence-electron chi connectivity index (χ4n) is 1.53. The Morgan fingerprint density at radius 1 is 1.25 bits per heavy atom. The molecule has 0 aliphatic heterocycles. The number of methoxy groups -OCH3 is 1. The van der Waals surface area contributed by atoms with Gasteiger partial charge in [0.1, 0.15) is 5.82 Å². The van der Waals surface area contributed by atoms with Gasteiger partial charge in [0.25, 0.3) is 0 Å². The molecule has 2 rings (SSSR count). The van der Waals surface area contributed by atoms with Crippen molar-refractivity contribution in [1.82, 2.24) is 4.57 Å². The summed E-state index contributed by atoms with van der Waals surface area (Å²) >= 11 is 0. The zero-order chi connectivity index (χ0) is 11.5. The second kappa shape index (κ2) is 4.18. The van der Waals surface area contributed by atoms with Crippen molar-refractivity contribution in [1.29, 1.82) is 0 Å². The maximum Gasteiger partial charge on any atom is 0.418 e. The highest BCUT2D eigenvalue weighted by Gasteiger charge is 2.13. The summed E-state index contributed by atoms with van der Waals surface area (Å²) in [6.45, 7) is 0. The van der Waals surface area contributed by atoms with Crippen LogP contribution in [0.1, 0.15) is 0 Å². The molecule has 0 unspecified atom stereocenters. The fraction of sp³-hybridized carbons (Fsp3) is 0.0833. The van der Waals surface area contributed by atoms with Gasteiger partial charge < -0.3 is 4.74 Å². The average molecular weight is 219 g/mol. The van der Waals surface area contributed by atoms with Crippen LogP contribution in [0.25, 0.3) is 11.3 Å². The van der Waals surface area contributed by atoms with E-state index in [2.05, 4.69) is 4.74 Å². The van der Waals surface area contributed by atoms with E-state index < -0.39 is 6.09 Å². The Kier molecular flexibility index (Phi) is 2.72. The van der Waals surface area contributed by atoms with E-state index in [-0.39, 0.29) is 5.82 Å². The third kappa shape index (κ3) is 1.69. The fourth-order valence-corrected chi connectivity index (χ4v) is 1.53. The molecule has 0 bridgehead atoms. The van der Waals surface area contributed by atoms with Gasteiger partial charge in [0.05, 0.1) is 12.8 Å². The van der Waals surface area contributed by atoms with E-state index in [9.17, 15) is 9.18 Å². The van der Waals surface area contributed by atoms with Gasteiger partial charge in [-0.05, 0) is 24.3 Å². The summed E-state index contributed by atoms with van der Waals surface area (Å²) in [6, 6.07) is 9.61. The van der Waals surface area contributed by atoms with Gasteiger partial charge in [-0.2, -0.15) is 0 Å². The monoisotopic (exact) mass is 219 g/mol. The number of ether oxygens (including phenoxy) is 1. The molecule has 16 heavy (non-hydrogen) atoms. The summed E-state index contributed by atoms with van der Waals surface area (Å²) < 4.78 is 19.4. The number of nitrogens with zero attached hydrogens (tertiary/aromatic N) is 1. The number of carbonyl (C=O) groups excluding carboxylic acids is 1. The van der Waals surface area contributed by atoms with E-state index >= 15 is 0 Å². The number of carbonyl (C=O) groups is 1. The molecular formula is C12H10FNO2. The predicted octanol–water partition coefficient (Wildman–Crippen LogP) is 2.91. The maximum absolute atomic E-state index is 13.5. The van der Waals surface area contributed by atoms with Crippen molar-refractivity contribution < 1.29 is 13.9 Å². The van der Waals surface area contributed by atoms with Crippen LogP contribution in [-0.2, 0) is 4.74 Å². The lowest BCUT2D eigenvalue weighted by atomic mass is 10.1. The van der Waals surface area contributed by atoms with Crippen LogP contribution in [0.5, 0.6) is 0 Å². The van der Waals surface area contributed by atoms with Crippen molar-refractivity contribution in [2.75, 3.05) is 7.11 Å². The molecule has 1 heterocycles. The van der Waals surface area contributed by atoms with Crippen LogP contribution in [0.3, 0.4) is 0 Å². The summed E-state index contributed by atoms with van der Waals surface area (Å²) in [4.78, 5) is 11.4. The molecule has 82 valence electrons. The molecule has 1 aromatic heterocycles. The SMILES string of the molecule is COC(=O)n1cccc1-c1ccccc1F. The molecule has 0 atom stereocenters. The Bertz CT molecular complexity index is 519. The molecule has 0 fully saturated rings. The minimum atomic E-state index is -0.539. The van der Waals surface area contributed by atoms with Gasteiger partial charge >= 0.3 is 6.09 Å². The Morgan fingerprint density at radius 3 is 2.69 bits per heavy atom. The number of rotatable bonds is 1. The number of benzene rings is 1. The number of hydrogen-bond acceptors (Lipinski definition) is 2. The maximum atomic E-state index is 13.5. The Labute approximate surface area is 92.1 Å². The van der Waals surface area contributed by atoms with Crippen molar-refractivity contribution >= 4 is 6.09 Å². The van der Waals surface area contributed by atoms with E-state index in [1.54, 1.807) is 30.3 Å². The molecular weight excluding hydrogens is 209 g/mol. The standard InChI is InChI=1S/C12H10FNO2/c1-16-12(15)14-8-4-7-11(14)9-5-2-3-6-10(9)13/h2-8H,1H3. The molecule has 0 N–H and O–H groups in total. The number of hydrogen-bond donors (Lipinski definition) is 0. The van der Waals surface area contributed by atoms with Crippen molar-refractivity contribution in [2.45, 2.75) is 0 Å². The Hall–Kier alpha value is -2.10. The highest BCUT2D eigenvalue weighted by molar-refractivity contribution is 5.78. The van der Waals surface area contributed by atoms with Gasteiger partial charge in [-0.1, -0.05) is 12.1 Å². The Balaban J connectivity index is 2.53. The van der Waals surface area contributed by atoms with Crippen molar-refractivity contribution in [2.24, 2.45) is 0 Å². The third-order valence-electron chi connectivity index (χ3n) is 2.27. The van der Waals surface area contributed by atoms with Crippen LogP contribution in [0.15, 0.2) is 42.6 Å². The molecule has 0 aliphatic carbocycles. The first-order valence-electron chi connectivity index (χ1n) is 4.74. The van der Waals surface area contributed by atoms with Crippen LogP contribution < -0.4 is 0 Å². The second-order valence-electron chi connectivity index (χ2n) is 3.21. The number of aromatic nitrogens is 1. The molecule has 4 heteroatoms.